The molecule has 1 saturated heterocycles. The number of benzene rings is 2. The minimum absolute atomic E-state index is 0.101. The summed E-state index contributed by atoms with van der Waals surface area (Å²) >= 11 is 0. The van der Waals surface area contributed by atoms with Crippen LogP contribution < -0.4 is 26.0 Å². The maximum absolute atomic E-state index is 13.1. The number of methoxy groups -OCH3 is 1. The van der Waals surface area contributed by atoms with Crippen molar-refractivity contribution in [1.29, 1.82) is 0 Å². The molecule has 42 heavy (non-hydrogen) atoms. The van der Waals surface area contributed by atoms with Gasteiger partial charge in [0, 0.05) is 37.1 Å². The maximum Gasteiger partial charge on any atom is 0.341 e. The van der Waals surface area contributed by atoms with E-state index in [0.717, 1.165) is 42.8 Å². The van der Waals surface area contributed by atoms with Gasteiger partial charge in [-0.25, -0.2) is 28.0 Å². The van der Waals surface area contributed by atoms with E-state index in [-0.39, 0.29) is 17.2 Å². The smallest absolute Gasteiger partial charge is 0.341 e. The lowest BCUT2D eigenvalue weighted by molar-refractivity contribution is -0.139. The number of carboxylic acids is 2. The molecule has 222 valence electrons. The van der Waals surface area contributed by atoms with Gasteiger partial charge in [-0.2, -0.15) is 0 Å². The SMILES string of the molecule is COc1cc(C(=O)NC[C@@](N)(C(=O)O)S(=O)(=O)c2ccc(C(=O)O)cc2)ccc1N1CCC(Nc2ncccn2)CC1. The summed E-state index contributed by atoms with van der Waals surface area (Å²) in [5.41, 5.74) is 6.52. The van der Waals surface area contributed by atoms with E-state index < -0.39 is 44.0 Å². The fraction of sp³-hybridized carbons (Fsp3) is 0.296. The van der Waals surface area contributed by atoms with Crippen LogP contribution in [0.4, 0.5) is 11.6 Å². The van der Waals surface area contributed by atoms with E-state index in [9.17, 15) is 27.9 Å². The van der Waals surface area contributed by atoms with Crippen LogP contribution >= 0.6 is 0 Å². The Kier molecular flexibility index (Phi) is 8.92. The van der Waals surface area contributed by atoms with E-state index >= 15 is 0 Å². The number of ether oxygens (including phenoxy) is 1. The summed E-state index contributed by atoms with van der Waals surface area (Å²) in [5.74, 6) is -2.97. The third kappa shape index (κ3) is 6.26. The lowest BCUT2D eigenvalue weighted by Crippen LogP contribution is -2.61. The number of rotatable bonds is 11. The van der Waals surface area contributed by atoms with Gasteiger partial charge in [0.1, 0.15) is 5.75 Å². The number of aliphatic carboxylic acids is 1. The van der Waals surface area contributed by atoms with Crippen molar-refractivity contribution in [3.63, 3.8) is 0 Å². The molecule has 1 aromatic heterocycles. The van der Waals surface area contributed by atoms with Crippen LogP contribution in [-0.2, 0) is 14.6 Å². The van der Waals surface area contributed by atoms with Crippen LogP contribution in [0.3, 0.4) is 0 Å². The number of nitrogens with one attached hydrogen (secondary N) is 2. The number of hydrogen-bond donors (Lipinski definition) is 5. The molecule has 2 aromatic carbocycles. The summed E-state index contributed by atoms with van der Waals surface area (Å²) in [4.78, 5) is 43.1. The number of carboxylic acid groups (broad SMARTS) is 2. The molecule has 1 atom stereocenters. The van der Waals surface area contributed by atoms with Gasteiger partial charge in [0.25, 0.3) is 5.91 Å². The van der Waals surface area contributed by atoms with E-state index in [0.29, 0.717) is 24.8 Å². The molecule has 0 unspecified atom stereocenters. The molecule has 0 spiro atoms. The van der Waals surface area contributed by atoms with Crippen LogP contribution in [0.2, 0.25) is 0 Å². The number of carbonyl (C=O) groups excluding carboxylic acids is 1. The second-order valence-corrected chi connectivity index (χ2v) is 11.8. The Morgan fingerprint density at radius 3 is 2.24 bits per heavy atom. The average Bonchev–Trinajstić information content (AvgIpc) is 3.00. The molecule has 2 heterocycles. The van der Waals surface area contributed by atoms with Gasteiger partial charge in [0.05, 0.1) is 29.8 Å². The standard InChI is InChI=1S/C27H30N6O8S/c1-41-22-15-18(5-8-21(22)33-13-9-19(10-14-33)32-26-29-11-2-12-30-26)23(34)31-16-27(28,25(37)38)42(39,40)20-6-3-17(4-7-20)24(35)36/h2-8,11-12,15,19H,9-10,13-14,16,28H2,1H3,(H,31,34)(H,35,36)(H,37,38)(H,29,30,32)/t27-/m0/s1. The molecule has 1 aliphatic rings. The van der Waals surface area contributed by atoms with Gasteiger partial charge < -0.3 is 36.2 Å². The zero-order chi connectivity index (χ0) is 30.5. The van der Waals surface area contributed by atoms with Gasteiger partial charge in [0.2, 0.25) is 20.7 Å². The summed E-state index contributed by atoms with van der Waals surface area (Å²) in [6.07, 6.45) is 4.96. The van der Waals surface area contributed by atoms with Crippen LogP contribution in [-0.4, -0.2) is 84.1 Å². The molecule has 0 aliphatic carbocycles. The molecule has 14 nitrogen and oxygen atoms in total. The zero-order valence-electron chi connectivity index (χ0n) is 22.6. The van der Waals surface area contributed by atoms with Crippen molar-refractivity contribution in [2.24, 2.45) is 5.73 Å². The summed E-state index contributed by atoms with van der Waals surface area (Å²) in [6, 6.07) is 10.6. The zero-order valence-corrected chi connectivity index (χ0v) is 23.4. The minimum atomic E-state index is -4.75. The number of nitrogens with two attached hydrogens (primary N) is 1. The van der Waals surface area contributed by atoms with E-state index in [2.05, 4.69) is 25.5 Å². The molecule has 4 rings (SSSR count). The van der Waals surface area contributed by atoms with Gasteiger partial charge in [0.15, 0.2) is 0 Å². The van der Waals surface area contributed by atoms with Gasteiger partial charge >= 0.3 is 11.9 Å². The lowest BCUT2D eigenvalue weighted by Gasteiger charge is -2.34. The van der Waals surface area contributed by atoms with Gasteiger partial charge in [-0.3, -0.25) is 4.79 Å². The number of sulfone groups is 1. The first-order chi connectivity index (χ1) is 20.0. The molecule has 15 heteroatoms. The molecule has 3 aromatic rings. The van der Waals surface area contributed by atoms with Gasteiger partial charge in [-0.15, -0.1) is 0 Å². The summed E-state index contributed by atoms with van der Waals surface area (Å²) < 4.78 is 31.8. The Hall–Kier alpha value is -4.76. The number of aromatic nitrogens is 2. The molecule has 1 aliphatic heterocycles. The average molecular weight is 599 g/mol. The Bertz CT molecular complexity index is 1560. The van der Waals surface area contributed by atoms with Crippen molar-refractivity contribution in [1.82, 2.24) is 15.3 Å². The highest BCUT2D eigenvalue weighted by molar-refractivity contribution is 7.93. The van der Waals surface area contributed by atoms with E-state index in [1.54, 1.807) is 24.5 Å². The van der Waals surface area contributed by atoms with Crippen LogP contribution in [0.25, 0.3) is 0 Å². The fourth-order valence-electron chi connectivity index (χ4n) is 4.49. The fourth-order valence-corrected chi connectivity index (χ4v) is 5.89. The van der Waals surface area contributed by atoms with Crippen molar-refractivity contribution in [3.8, 4) is 5.75 Å². The number of hydrogen-bond acceptors (Lipinski definition) is 11. The number of nitrogens with zero attached hydrogens (tertiary/aromatic N) is 3. The van der Waals surface area contributed by atoms with E-state index in [1.807, 2.05) is 0 Å². The van der Waals surface area contributed by atoms with Gasteiger partial charge in [-0.1, -0.05) is 0 Å². The first-order valence-corrected chi connectivity index (χ1v) is 14.3. The van der Waals surface area contributed by atoms with Crippen LogP contribution in [0.15, 0.2) is 65.8 Å². The van der Waals surface area contributed by atoms with Crippen molar-refractivity contribution < 1.29 is 37.8 Å². The number of amides is 1. The molecule has 1 fully saturated rings. The Morgan fingerprint density at radius 1 is 1.05 bits per heavy atom. The normalized spacial score (nSPS) is 15.3. The largest absolute Gasteiger partial charge is 0.495 e. The molecule has 6 N–H and O–H groups in total. The molecular formula is C27H30N6O8S. The predicted molar refractivity (Wildman–Crippen MR) is 151 cm³/mol. The summed E-state index contributed by atoms with van der Waals surface area (Å²) in [5, 5.41) is 24.4. The number of carbonyl (C=O) groups is 3. The first-order valence-electron chi connectivity index (χ1n) is 12.8. The Morgan fingerprint density at radius 2 is 1.67 bits per heavy atom. The number of piperidine rings is 1. The minimum Gasteiger partial charge on any atom is -0.495 e. The third-order valence-electron chi connectivity index (χ3n) is 6.94. The Balaban J connectivity index is 1.44. The second kappa shape index (κ2) is 12.4. The summed E-state index contributed by atoms with van der Waals surface area (Å²) in [6.45, 7) is 0.442. The number of aromatic carboxylic acids is 1. The van der Waals surface area contributed by atoms with Crippen molar-refractivity contribution >= 4 is 39.3 Å². The molecular weight excluding hydrogens is 568 g/mol. The van der Waals surface area contributed by atoms with Crippen molar-refractivity contribution in [3.05, 3.63) is 72.1 Å². The first kappa shape index (κ1) is 30.2. The molecule has 0 saturated carbocycles. The third-order valence-corrected chi connectivity index (χ3v) is 9.11. The van der Waals surface area contributed by atoms with Gasteiger partial charge in [-0.05, 0) is 61.4 Å². The van der Waals surface area contributed by atoms with Crippen LogP contribution in [0.1, 0.15) is 33.6 Å². The predicted octanol–water partition coefficient (Wildman–Crippen LogP) is 1.21. The highest BCUT2D eigenvalue weighted by Gasteiger charge is 2.49. The highest BCUT2D eigenvalue weighted by Crippen LogP contribution is 2.32. The molecule has 0 bridgehead atoms. The molecule has 1 amide bonds. The van der Waals surface area contributed by atoms with Crippen LogP contribution in [0, 0.1) is 0 Å². The van der Waals surface area contributed by atoms with E-state index in [4.69, 9.17) is 15.6 Å². The monoisotopic (exact) mass is 598 g/mol. The summed E-state index contributed by atoms with van der Waals surface area (Å²) in [7, 11) is -3.30. The lowest BCUT2D eigenvalue weighted by atomic mass is 10.0. The van der Waals surface area contributed by atoms with E-state index in [1.165, 1.54) is 19.2 Å². The van der Waals surface area contributed by atoms with Crippen LogP contribution in [0.5, 0.6) is 5.75 Å². The maximum atomic E-state index is 13.1. The highest BCUT2D eigenvalue weighted by atomic mass is 32.2. The second-order valence-electron chi connectivity index (χ2n) is 9.57. The quantitative estimate of drug-likeness (QED) is 0.210. The molecule has 0 radical (unpaired) electrons. The Labute approximate surface area is 241 Å². The number of anilines is 2. The van der Waals surface area contributed by atoms with Crippen molar-refractivity contribution in [2.75, 3.05) is 37.0 Å². The topological polar surface area (TPSA) is 214 Å². The van der Waals surface area contributed by atoms with Crippen molar-refractivity contribution in [2.45, 2.75) is 28.6 Å².